The fourth-order valence-corrected chi connectivity index (χ4v) is 4.02. The number of rotatable bonds is 5. The van der Waals surface area contributed by atoms with Gasteiger partial charge in [-0.25, -0.2) is 0 Å². The number of nitrogens with zero attached hydrogens (tertiary/aromatic N) is 3. The van der Waals surface area contributed by atoms with Crippen LogP contribution in [-0.4, -0.2) is 42.3 Å². The van der Waals surface area contributed by atoms with Gasteiger partial charge in [-0.05, 0) is 28.8 Å². The molecule has 0 spiro atoms. The Hall–Kier alpha value is -2.33. The van der Waals surface area contributed by atoms with Crippen LogP contribution in [0.15, 0.2) is 84.0 Å². The zero-order valence-electron chi connectivity index (χ0n) is 16.1. The van der Waals surface area contributed by atoms with E-state index in [4.69, 9.17) is 23.2 Å². The minimum absolute atomic E-state index is 0.263. The van der Waals surface area contributed by atoms with E-state index in [9.17, 15) is 0 Å². The lowest BCUT2D eigenvalue weighted by Crippen LogP contribution is -2.45. The number of hydrogen-bond acceptors (Lipinski definition) is 3. The molecule has 1 aliphatic rings. The summed E-state index contributed by atoms with van der Waals surface area (Å²) in [6, 6.07) is 27.3. The third kappa shape index (κ3) is 4.99. The van der Waals surface area contributed by atoms with Gasteiger partial charge in [0, 0.05) is 26.2 Å². The molecule has 1 fully saturated rings. The highest BCUT2D eigenvalue weighted by atomic mass is 35.5. The minimum atomic E-state index is 0.263. The molecule has 1 heterocycles. The zero-order chi connectivity index (χ0) is 20.1. The average Bonchev–Trinajstić information content (AvgIpc) is 2.77. The Balaban J connectivity index is 1.45. The van der Waals surface area contributed by atoms with E-state index in [1.54, 1.807) is 6.07 Å². The van der Waals surface area contributed by atoms with Crippen LogP contribution in [0.2, 0.25) is 10.0 Å². The Labute approximate surface area is 182 Å². The van der Waals surface area contributed by atoms with Crippen molar-refractivity contribution in [3.8, 4) is 0 Å². The summed E-state index contributed by atoms with van der Waals surface area (Å²) in [4.78, 5) is 2.54. The standard InChI is InChI=1S/C24H23Cl2N3/c25-22-12-11-19(17-23(22)26)18-27-29-15-13-28(14-16-29)24(20-7-3-1-4-8-20)21-9-5-2-6-10-21/h1-12,17-18,24H,13-16H2/b27-18-. The second-order valence-corrected chi connectivity index (χ2v) is 7.95. The highest BCUT2D eigenvalue weighted by Gasteiger charge is 2.25. The zero-order valence-corrected chi connectivity index (χ0v) is 17.6. The summed E-state index contributed by atoms with van der Waals surface area (Å²) < 4.78 is 0. The topological polar surface area (TPSA) is 18.8 Å². The Morgan fingerprint density at radius 1 is 0.724 bits per heavy atom. The second kappa shape index (κ2) is 9.45. The van der Waals surface area contributed by atoms with Crippen LogP contribution < -0.4 is 0 Å². The predicted molar refractivity (Wildman–Crippen MR) is 122 cm³/mol. The van der Waals surface area contributed by atoms with E-state index in [0.29, 0.717) is 10.0 Å². The van der Waals surface area contributed by atoms with Gasteiger partial charge in [-0.15, -0.1) is 0 Å². The van der Waals surface area contributed by atoms with Crippen LogP contribution >= 0.6 is 23.2 Å². The van der Waals surface area contributed by atoms with Crippen molar-refractivity contribution in [1.82, 2.24) is 9.91 Å². The second-order valence-electron chi connectivity index (χ2n) is 7.13. The Morgan fingerprint density at radius 3 is 1.86 bits per heavy atom. The fraction of sp³-hybridized carbons (Fsp3) is 0.208. The molecular formula is C24H23Cl2N3. The van der Waals surface area contributed by atoms with Crippen LogP contribution in [-0.2, 0) is 0 Å². The van der Waals surface area contributed by atoms with Crippen molar-refractivity contribution in [3.63, 3.8) is 0 Å². The van der Waals surface area contributed by atoms with E-state index in [2.05, 4.69) is 75.7 Å². The monoisotopic (exact) mass is 423 g/mol. The van der Waals surface area contributed by atoms with Crippen molar-refractivity contribution < 1.29 is 0 Å². The van der Waals surface area contributed by atoms with Crippen molar-refractivity contribution >= 4 is 29.4 Å². The molecule has 0 amide bonds. The van der Waals surface area contributed by atoms with Gasteiger partial charge in [0.2, 0.25) is 0 Å². The van der Waals surface area contributed by atoms with Crippen molar-refractivity contribution in [2.45, 2.75) is 6.04 Å². The number of piperazine rings is 1. The summed E-state index contributed by atoms with van der Waals surface area (Å²) in [6.07, 6.45) is 1.85. The third-order valence-electron chi connectivity index (χ3n) is 5.20. The number of hydrogen-bond donors (Lipinski definition) is 0. The molecule has 5 heteroatoms. The van der Waals surface area contributed by atoms with Crippen LogP contribution in [0.5, 0.6) is 0 Å². The maximum absolute atomic E-state index is 6.09. The molecule has 3 nitrogen and oxygen atoms in total. The van der Waals surface area contributed by atoms with Gasteiger partial charge in [-0.3, -0.25) is 9.91 Å². The Kier molecular flexibility index (Phi) is 6.50. The van der Waals surface area contributed by atoms with Crippen molar-refractivity contribution in [2.75, 3.05) is 26.2 Å². The van der Waals surface area contributed by atoms with Crippen molar-refractivity contribution in [2.24, 2.45) is 5.10 Å². The average molecular weight is 424 g/mol. The quantitative estimate of drug-likeness (QED) is 0.487. The van der Waals surface area contributed by atoms with Crippen molar-refractivity contribution in [3.05, 3.63) is 106 Å². The van der Waals surface area contributed by atoms with Gasteiger partial charge >= 0.3 is 0 Å². The smallest absolute Gasteiger partial charge is 0.0603 e. The molecule has 0 N–H and O–H groups in total. The molecule has 0 saturated carbocycles. The first-order chi connectivity index (χ1) is 14.2. The lowest BCUT2D eigenvalue weighted by molar-refractivity contribution is 0.113. The maximum Gasteiger partial charge on any atom is 0.0603 e. The summed E-state index contributed by atoms with van der Waals surface area (Å²) in [6.45, 7) is 3.67. The van der Waals surface area contributed by atoms with E-state index in [1.807, 2.05) is 18.3 Å². The summed E-state index contributed by atoms with van der Waals surface area (Å²) in [5.74, 6) is 0. The molecule has 1 aliphatic heterocycles. The van der Waals surface area contributed by atoms with Gasteiger partial charge in [-0.2, -0.15) is 5.10 Å². The van der Waals surface area contributed by atoms with Gasteiger partial charge in [0.05, 0.1) is 22.3 Å². The van der Waals surface area contributed by atoms with Crippen LogP contribution in [0, 0.1) is 0 Å². The molecule has 0 atom stereocenters. The largest absolute Gasteiger partial charge is 0.294 e. The highest BCUT2D eigenvalue weighted by molar-refractivity contribution is 6.42. The molecule has 29 heavy (non-hydrogen) atoms. The van der Waals surface area contributed by atoms with E-state index >= 15 is 0 Å². The first-order valence-electron chi connectivity index (χ1n) is 9.78. The van der Waals surface area contributed by atoms with E-state index in [1.165, 1.54) is 11.1 Å². The van der Waals surface area contributed by atoms with Crippen LogP contribution in [0.25, 0.3) is 0 Å². The fourth-order valence-electron chi connectivity index (χ4n) is 3.71. The van der Waals surface area contributed by atoms with E-state index in [0.717, 1.165) is 31.7 Å². The number of benzene rings is 3. The van der Waals surface area contributed by atoms with Gasteiger partial charge < -0.3 is 0 Å². The minimum Gasteiger partial charge on any atom is -0.294 e. The molecule has 0 aromatic heterocycles. The lowest BCUT2D eigenvalue weighted by Gasteiger charge is -2.38. The van der Waals surface area contributed by atoms with Crippen LogP contribution in [0.4, 0.5) is 0 Å². The summed E-state index contributed by atoms with van der Waals surface area (Å²) in [7, 11) is 0. The highest BCUT2D eigenvalue weighted by Crippen LogP contribution is 2.29. The van der Waals surface area contributed by atoms with Crippen LogP contribution in [0.1, 0.15) is 22.7 Å². The lowest BCUT2D eigenvalue weighted by atomic mass is 9.96. The first-order valence-corrected chi connectivity index (χ1v) is 10.5. The normalized spacial score (nSPS) is 15.3. The summed E-state index contributed by atoms with van der Waals surface area (Å²) >= 11 is 12.1. The van der Waals surface area contributed by atoms with Gasteiger partial charge in [0.15, 0.2) is 0 Å². The molecule has 0 radical (unpaired) electrons. The summed E-state index contributed by atoms with van der Waals surface area (Å²) in [5.41, 5.74) is 3.60. The molecule has 0 aliphatic carbocycles. The predicted octanol–water partition coefficient (Wildman–Crippen LogP) is 5.73. The molecule has 3 aromatic carbocycles. The Bertz CT molecular complexity index is 913. The maximum atomic E-state index is 6.09. The molecule has 3 aromatic rings. The van der Waals surface area contributed by atoms with Gasteiger partial charge in [-0.1, -0.05) is 89.9 Å². The van der Waals surface area contributed by atoms with Crippen molar-refractivity contribution in [1.29, 1.82) is 0 Å². The van der Waals surface area contributed by atoms with Gasteiger partial charge in [0.1, 0.15) is 0 Å². The number of hydrazone groups is 1. The molecular weight excluding hydrogens is 401 g/mol. The molecule has 0 unspecified atom stereocenters. The summed E-state index contributed by atoms with van der Waals surface area (Å²) in [5, 5.41) is 7.87. The third-order valence-corrected chi connectivity index (χ3v) is 5.94. The molecule has 1 saturated heterocycles. The number of halogens is 2. The van der Waals surface area contributed by atoms with Gasteiger partial charge in [0.25, 0.3) is 0 Å². The first kappa shape index (κ1) is 20.0. The SMILES string of the molecule is Clc1ccc(/C=N\N2CCN(C(c3ccccc3)c3ccccc3)CC2)cc1Cl. The van der Waals surface area contributed by atoms with Crippen LogP contribution in [0.3, 0.4) is 0 Å². The molecule has 4 rings (SSSR count). The van der Waals surface area contributed by atoms with E-state index < -0.39 is 0 Å². The molecule has 148 valence electrons. The molecule has 0 bridgehead atoms. The van der Waals surface area contributed by atoms with E-state index in [-0.39, 0.29) is 6.04 Å². The Morgan fingerprint density at radius 2 is 1.31 bits per heavy atom.